The quantitative estimate of drug-likeness (QED) is 0.432. The molecule has 1 heteroatoms. The first kappa shape index (κ1) is 13.9. The van der Waals surface area contributed by atoms with Crippen LogP contribution in [-0.2, 0) is 0 Å². The van der Waals surface area contributed by atoms with Gasteiger partial charge in [-0.05, 0) is 17.5 Å². The highest BCUT2D eigenvalue weighted by Crippen LogP contribution is 2.15. The summed E-state index contributed by atoms with van der Waals surface area (Å²) in [4.78, 5) is 0. The maximum Gasteiger partial charge on any atom is 0.0554 e. The molecule has 0 aliphatic carbocycles. The Balaban J connectivity index is 2.22. The Labute approximate surface area is 110 Å². The van der Waals surface area contributed by atoms with Crippen molar-refractivity contribution in [2.75, 3.05) is 11.5 Å². The molecule has 0 saturated carbocycles. The molecule has 0 amide bonds. The minimum Gasteiger partial charge on any atom is -0.145 e. The van der Waals surface area contributed by atoms with E-state index in [0.29, 0.717) is 0 Å². The number of thioether (sulfide) groups is 1. The lowest BCUT2D eigenvalue weighted by molar-refractivity contribution is 0.543. The predicted molar refractivity (Wildman–Crippen MR) is 79.2 cm³/mol. The molecule has 0 unspecified atom stereocenters. The molecule has 0 N–H and O–H groups in total. The van der Waals surface area contributed by atoms with Gasteiger partial charge in [0.15, 0.2) is 0 Å². The van der Waals surface area contributed by atoms with Crippen LogP contribution in [-0.4, -0.2) is 11.5 Å². The zero-order valence-electron chi connectivity index (χ0n) is 10.9. The second-order valence-electron chi connectivity index (χ2n) is 4.95. The van der Waals surface area contributed by atoms with Crippen LogP contribution in [0.25, 0.3) is 0 Å². The van der Waals surface area contributed by atoms with E-state index in [2.05, 4.69) is 44.8 Å². The molecule has 0 saturated heterocycles. The highest BCUT2D eigenvalue weighted by atomic mass is 32.2. The van der Waals surface area contributed by atoms with Gasteiger partial charge < -0.3 is 0 Å². The Morgan fingerprint density at radius 1 is 1.18 bits per heavy atom. The fourth-order valence-corrected chi connectivity index (χ4v) is 1.76. The van der Waals surface area contributed by atoms with Crippen molar-refractivity contribution in [3.05, 3.63) is 48.0 Å². The van der Waals surface area contributed by atoms with Gasteiger partial charge in [0.05, 0.1) is 5.75 Å². The van der Waals surface area contributed by atoms with Crippen LogP contribution in [0.2, 0.25) is 0 Å². The molecule has 0 atom stereocenters. The van der Waals surface area contributed by atoms with Crippen LogP contribution in [0.4, 0.5) is 0 Å². The van der Waals surface area contributed by atoms with Crippen LogP contribution in [0.5, 0.6) is 0 Å². The van der Waals surface area contributed by atoms with E-state index < -0.39 is 0 Å². The van der Waals surface area contributed by atoms with E-state index >= 15 is 0 Å². The third-order valence-corrected chi connectivity index (χ3v) is 2.79. The number of benzene rings is 1. The molecule has 0 spiro atoms. The molecule has 0 bridgehead atoms. The Bertz CT molecular complexity index is 399. The highest BCUT2D eigenvalue weighted by Gasteiger charge is 2.02. The lowest BCUT2D eigenvalue weighted by Gasteiger charge is -2.10. The topological polar surface area (TPSA) is 0 Å². The van der Waals surface area contributed by atoms with Crippen molar-refractivity contribution in [3.63, 3.8) is 0 Å². The molecule has 0 radical (unpaired) electrons. The van der Waals surface area contributed by atoms with Crippen molar-refractivity contribution in [2.45, 2.75) is 20.8 Å². The first-order valence-electron chi connectivity index (χ1n) is 5.87. The lowest BCUT2D eigenvalue weighted by atomic mass is 9.97. The van der Waals surface area contributed by atoms with Gasteiger partial charge in [0.2, 0.25) is 0 Å². The number of hydrogen-bond acceptors (Lipinski definition) is 1. The first-order chi connectivity index (χ1) is 8.08. The smallest absolute Gasteiger partial charge is 0.0554 e. The average Bonchev–Trinajstić information content (AvgIpc) is 2.28. The molecule has 0 aliphatic rings. The summed E-state index contributed by atoms with van der Waals surface area (Å²) in [5.74, 6) is 8.27. The Morgan fingerprint density at radius 2 is 1.88 bits per heavy atom. The van der Waals surface area contributed by atoms with E-state index in [9.17, 15) is 0 Å². The van der Waals surface area contributed by atoms with E-state index in [1.54, 1.807) is 0 Å². The summed E-state index contributed by atoms with van der Waals surface area (Å²) < 4.78 is 0. The zero-order chi connectivity index (χ0) is 12.6. The Hall–Kier alpha value is -1.13. The van der Waals surface area contributed by atoms with E-state index in [-0.39, 0.29) is 5.41 Å². The molecule has 0 nitrogen and oxygen atoms in total. The van der Waals surface area contributed by atoms with E-state index in [1.807, 2.05) is 42.1 Å². The van der Waals surface area contributed by atoms with E-state index in [0.717, 1.165) is 17.1 Å². The predicted octanol–water partition coefficient (Wildman–Crippen LogP) is 4.37. The zero-order valence-corrected chi connectivity index (χ0v) is 11.7. The molecule has 17 heavy (non-hydrogen) atoms. The minimum absolute atomic E-state index is 0.288. The summed E-state index contributed by atoms with van der Waals surface area (Å²) in [6.07, 6.45) is 4.49. The monoisotopic (exact) mass is 244 g/mol. The van der Waals surface area contributed by atoms with Gasteiger partial charge >= 0.3 is 0 Å². The minimum atomic E-state index is 0.288. The molecule has 0 heterocycles. The third-order valence-electron chi connectivity index (χ3n) is 2.01. The van der Waals surface area contributed by atoms with Crippen molar-refractivity contribution in [1.29, 1.82) is 0 Å². The molecule has 1 aromatic carbocycles. The van der Waals surface area contributed by atoms with Gasteiger partial charge in [0.25, 0.3) is 0 Å². The van der Waals surface area contributed by atoms with Gasteiger partial charge in [-0.1, -0.05) is 63.0 Å². The summed E-state index contributed by atoms with van der Waals surface area (Å²) in [6.45, 7) is 6.64. The standard InChI is InChI=1S/C16H20S/c1-16(2,3)12-8-14-17-13-7-11-15-9-5-4-6-10-15/h4-6,8-10,12H,13-14H2,1-3H3/b12-8+. The van der Waals surface area contributed by atoms with Gasteiger partial charge in [-0.2, -0.15) is 0 Å². The van der Waals surface area contributed by atoms with Gasteiger partial charge in [-0.15, -0.1) is 11.8 Å². The molecule has 1 aromatic rings. The van der Waals surface area contributed by atoms with Crippen LogP contribution in [0.1, 0.15) is 26.3 Å². The molecule has 0 aliphatic heterocycles. The summed E-state index contributed by atoms with van der Waals surface area (Å²) in [6, 6.07) is 10.1. The molecular weight excluding hydrogens is 224 g/mol. The van der Waals surface area contributed by atoms with Gasteiger partial charge in [-0.25, -0.2) is 0 Å². The maximum absolute atomic E-state index is 3.18. The first-order valence-corrected chi connectivity index (χ1v) is 7.03. The molecule has 0 aromatic heterocycles. The second-order valence-corrected chi connectivity index (χ2v) is 5.98. The summed E-state index contributed by atoms with van der Waals surface area (Å²) in [5.41, 5.74) is 1.38. The van der Waals surface area contributed by atoms with Crippen LogP contribution < -0.4 is 0 Å². The second kappa shape index (κ2) is 7.25. The van der Waals surface area contributed by atoms with Crippen molar-refractivity contribution >= 4 is 11.8 Å². The molecular formula is C16H20S. The summed E-state index contributed by atoms with van der Waals surface area (Å²) in [7, 11) is 0. The van der Waals surface area contributed by atoms with Crippen LogP contribution >= 0.6 is 11.8 Å². The maximum atomic E-state index is 3.18. The average molecular weight is 244 g/mol. The molecule has 90 valence electrons. The third kappa shape index (κ3) is 7.71. The van der Waals surface area contributed by atoms with Gasteiger partial charge in [-0.3, -0.25) is 0 Å². The number of allylic oxidation sites excluding steroid dienone is 1. The Morgan fingerprint density at radius 3 is 2.53 bits per heavy atom. The van der Waals surface area contributed by atoms with E-state index in [4.69, 9.17) is 0 Å². The number of rotatable bonds is 3. The van der Waals surface area contributed by atoms with E-state index in [1.165, 1.54) is 0 Å². The fourth-order valence-electron chi connectivity index (χ4n) is 1.24. The van der Waals surface area contributed by atoms with Gasteiger partial charge in [0, 0.05) is 11.3 Å². The van der Waals surface area contributed by atoms with Crippen LogP contribution in [0, 0.1) is 17.3 Å². The van der Waals surface area contributed by atoms with Crippen LogP contribution in [0.15, 0.2) is 42.5 Å². The van der Waals surface area contributed by atoms with Crippen LogP contribution in [0.3, 0.4) is 0 Å². The van der Waals surface area contributed by atoms with Gasteiger partial charge in [0.1, 0.15) is 0 Å². The molecule has 0 fully saturated rings. The Kier molecular flexibility index (Phi) is 5.94. The summed E-state index contributed by atoms with van der Waals surface area (Å²) in [5, 5.41) is 0. The highest BCUT2D eigenvalue weighted by molar-refractivity contribution is 7.99. The number of hydrogen-bond donors (Lipinski definition) is 0. The largest absolute Gasteiger partial charge is 0.145 e. The van der Waals surface area contributed by atoms with Crippen molar-refractivity contribution < 1.29 is 0 Å². The summed E-state index contributed by atoms with van der Waals surface area (Å²) >= 11 is 1.85. The van der Waals surface area contributed by atoms with Crippen molar-refractivity contribution in [3.8, 4) is 11.8 Å². The normalized spacial score (nSPS) is 11.2. The molecule has 1 rings (SSSR count). The fraction of sp³-hybridized carbons (Fsp3) is 0.375. The van der Waals surface area contributed by atoms with Crippen molar-refractivity contribution in [1.82, 2.24) is 0 Å². The SMILES string of the molecule is CC(C)(C)/C=C/CSCC#Cc1ccccc1. The lowest BCUT2D eigenvalue weighted by Crippen LogP contribution is -1.98. The van der Waals surface area contributed by atoms with Crippen molar-refractivity contribution in [2.24, 2.45) is 5.41 Å².